The van der Waals surface area contributed by atoms with Crippen LogP contribution in [0, 0.1) is 0 Å². The third-order valence-corrected chi connectivity index (χ3v) is 3.93. The average molecular weight is 314 g/mol. The van der Waals surface area contributed by atoms with Gasteiger partial charge in [0.15, 0.2) is 5.82 Å². The molecular formula is C17H22N4O2. The van der Waals surface area contributed by atoms with Crippen LogP contribution in [0.2, 0.25) is 0 Å². The van der Waals surface area contributed by atoms with Gasteiger partial charge in [-0.05, 0) is 37.5 Å². The van der Waals surface area contributed by atoms with E-state index in [-0.39, 0.29) is 5.91 Å². The molecule has 1 aliphatic rings. The molecule has 0 bridgehead atoms. The first-order valence-corrected chi connectivity index (χ1v) is 8.21. The van der Waals surface area contributed by atoms with Crippen LogP contribution in [0.5, 0.6) is 0 Å². The SMILES string of the molecule is CCCc1noc(CNc2cccc(C(=O)N3CCCC3)c2)n1. The molecule has 2 heterocycles. The normalized spacial score (nSPS) is 14.2. The highest BCUT2D eigenvalue weighted by atomic mass is 16.5. The van der Waals surface area contributed by atoms with E-state index in [1.807, 2.05) is 29.2 Å². The van der Waals surface area contributed by atoms with Crippen molar-refractivity contribution in [2.24, 2.45) is 0 Å². The lowest BCUT2D eigenvalue weighted by Gasteiger charge is -2.15. The van der Waals surface area contributed by atoms with Crippen LogP contribution in [0.25, 0.3) is 0 Å². The Kier molecular flexibility index (Phi) is 4.90. The summed E-state index contributed by atoms with van der Waals surface area (Å²) in [7, 11) is 0. The minimum absolute atomic E-state index is 0.106. The molecule has 2 aromatic rings. The zero-order valence-electron chi connectivity index (χ0n) is 13.4. The monoisotopic (exact) mass is 314 g/mol. The molecule has 3 rings (SSSR count). The van der Waals surface area contributed by atoms with Crippen molar-refractivity contribution in [1.82, 2.24) is 15.0 Å². The van der Waals surface area contributed by atoms with Crippen molar-refractivity contribution in [3.05, 3.63) is 41.5 Å². The first-order chi connectivity index (χ1) is 11.3. The molecule has 6 heteroatoms. The minimum Gasteiger partial charge on any atom is -0.376 e. The molecule has 1 aliphatic heterocycles. The Morgan fingerprint density at radius 1 is 1.35 bits per heavy atom. The standard InChI is InChI=1S/C17H22N4O2/c1-2-6-15-19-16(23-20-15)12-18-14-8-5-7-13(11-14)17(22)21-9-3-4-10-21/h5,7-8,11,18H,2-4,6,9-10,12H2,1H3. The Morgan fingerprint density at radius 3 is 2.96 bits per heavy atom. The molecule has 0 spiro atoms. The summed E-state index contributed by atoms with van der Waals surface area (Å²) in [5, 5.41) is 7.16. The predicted molar refractivity (Wildman–Crippen MR) is 87.2 cm³/mol. The molecule has 0 aliphatic carbocycles. The van der Waals surface area contributed by atoms with Gasteiger partial charge < -0.3 is 14.7 Å². The van der Waals surface area contributed by atoms with E-state index in [0.29, 0.717) is 18.0 Å². The van der Waals surface area contributed by atoms with Gasteiger partial charge in [-0.2, -0.15) is 4.98 Å². The van der Waals surface area contributed by atoms with Gasteiger partial charge in [-0.25, -0.2) is 0 Å². The second-order valence-corrected chi connectivity index (χ2v) is 5.79. The number of hydrogen-bond donors (Lipinski definition) is 1. The fraction of sp³-hybridized carbons (Fsp3) is 0.471. The highest BCUT2D eigenvalue weighted by molar-refractivity contribution is 5.95. The van der Waals surface area contributed by atoms with Gasteiger partial charge in [-0.3, -0.25) is 4.79 Å². The molecule has 0 saturated carbocycles. The van der Waals surface area contributed by atoms with Crippen molar-refractivity contribution in [3.63, 3.8) is 0 Å². The number of aromatic nitrogens is 2. The van der Waals surface area contributed by atoms with Gasteiger partial charge in [0.1, 0.15) is 0 Å². The molecule has 1 aromatic heterocycles. The summed E-state index contributed by atoms with van der Waals surface area (Å²) < 4.78 is 5.20. The summed E-state index contributed by atoms with van der Waals surface area (Å²) in [4.78, 5) is 18.6. The third kappa shape index (κ3) is 3.88. The van der Waals surface area contributed by atoms with E-state index in [1.165, 1.54) is 0 Å². The molecule has 1 saturated heterocycles. The van der Waals surface area contributed by atoms with Crippen molar-refractivity contribution in [2.45, 2.75) is 39.2 Å². The van der Waals surface area contributed by atoms with Gasteiger partial charge in [0.25, 0.3) is 5.91 Å². The van der Waals surface area contributed by atoms with E-state index >= 15 is 0 Å². The summed E-state index contributed by atoms with van der Waals surface area (Å²) >= 11 is 0. The fourth-order valence-electron chi connectivity index (χ4n) is 2.73. The summed E-state index contributed by atoms with van der Waals surface area (Å²) in [5.41, 5.74) is 1.60. The number of hydrogen-bond acceptors (Lipinski definition) is 5. The van der Waals surface area contributed by atoms with E-state index in [9.17, 15) is 4.79 Å². The summed E-state index contributed by atoms with van der Waals surface area (Å²) in [5.74, 6) is 1.40. The largest absolute Gasteiger partial charge is 0.376 e. The molecule has 6 nitrogen and oxygen atoms in total. The van der Waals surface area contributed by atoms with E-state index in [2.05, 4.69) is 22.4 Å². The fourth-order valence-corrected chi connectivity index (χ4v) is 2.73. The summed E-state index contributed by atoms with van der Waals surface area (Å²) in [6.07, 6.45) is 4.01. The predicted octanol–water partition coefficient (Wildman–Crippen LogP) is 2.87. The number of likely N-dealkylation sites (tertiary alicyclic amines) is 1. The van der Waals surface area contributed by atoms with Crippen molar-refractivity contribution >= 4 is 11.6 Å². The summed E-state index contributed by atoms with van der Waals surface area (Å²) in [6.45, 7) is 4.26. The maximum atomic E-state index is 12.4. The number of rotatable bonds is 6. The number of carbonyl (C=O) groups is 1. The van der Waals surface area contributed by atoms with E-state index < -0.39 is 0 Å². The number of benzene rings is 1. The van der Waals surface area contributed by atoms with Crippen LogP contribution in [0.3, 0.4) is 0 Å². The van der Waals surface area contributed by atoms with Gasteiger partial charge in [0.05, 0.1) is 6.54 Å². The molecular weight excluding hydrogens is 292 g/mol. The van der Waals surface area contributed by atoms with Crippen molar-refractivity contribution in [1.29, 1.82) is 0 Å². The van der Waals surface area contributed by atoms with Crippen LogP contribution in [-0.2, 0) is 13.0 Å². The molecule has 1 N–H and O–H groups in total. The average Bonchev–Trinajstić information content (AvgIpc) is 3.25. The second-order valence-electron chi connectivity index (χ2n) is 5.79. The molecule has 1 amide bonds. The van der Waals surface area contributed by atoms with Crippen molar-refractivity contribution < 1.29 is 9.32 Å². The summed E-state index contributed by atoms with van der Waals surface area (Å²) in [6, 6.07) is 7.56. The zero-order valence-corrected chi connectivity index (χ0v) is 13.4. The highest BCUT2D eigenvalue weighted by Crippen LogP contribution is 2.17. The number of carbonyl (C=O) groups excluding carboxylic acids is 1. The van der Waals surface area contributed by atoms with E-state index in [1.54, 1.807) is 0 Å². The lowest BCUT2D eigenvalue weighted by molar-refractivity contribution is 0.0793. The smallest absolute Gasteiger partial charge is 0.253 e. The van der Waals surface area contributed by atoms with Gasteiger partial charge >= 0.3 is 0 Å². The Bertz CT molecular complexity index is 662. The Labute approximate surface area is 135 Å². The number of aryl methyl sites for hydroxylation is 1. The van der Waals surface area contributed by atoms with Crippen LogP contribution >= 0.6 is 0 Å². The topological polar surface area (TPSA) is 71.3 Å². The molecule has 0 unspecified atom stereocenters. The van der Waals surface area contributed by atoms with Crippen LogP contribution in [0.4, 0.5) is 5.69 Å². The molecule has 122 valence electrons. The molecule has 1 aromatic carbocycles. The van der Waals surface area contributed by atoms with E-state index in [0.717, 1.165) is 50.3 Å². The van der Waals surface area contributed by atoms with Crippen molar-refractivity contribution in [3.8, 4) is 0 Å². The lowest BCUT2D eigenvalue weighted by atomic mass is 10.1. The quantitative estimate of drug-likeness (QED) is 0.887. The van der Waals surface area contributed by atoms with Gasteiger partial charge in [-0.15, -0.1) is 0 Å². The first-order valence-electron chi connectivity index (χ1n) is 8.21. The first kappa shape index (κ1) is 15.5. The number of amides is 1. The Morgan fingerprint density at radius 2 is 2.17 bits per heavy atom. The van der Waals surface area contributed by atoms with Gasteiger partial charge in [0.2, 0.25) is 5.89 Å². The number of nitrogens with zero attached hydrogens (tertiary/aromatic N) is 3. The second kappa shape index (κ2) is 7.26. The van der Waals surface area contributed by atoms with E-state index in [4.69, 9.17) is 4.52 Å². The minimum atomic E-state index is 0.106. The molecule has 0 radical (unpaired) electrons. The van der Waals surface area contributed by atoms with Gasteiger partial charge in [-0.1, -0.05) is 18.1 Å². The third-order valence-electron chi connectivity index (χ3n) is 3.93. The molecule has 23 heavy (non-hydrogen) atoms. The van der Waals surface area contributed by atoms with Crippen LogP contribution in [0.1, 0.15) is 48.3 Å². The number of nitrogens with one attached hydrogen (secondary N) is 1. The van der Waals surface area contributed by atoms with Crippen LogP contribution in [-0.4, -0.2) is 34.0 Å². The van der Waals surface area contributed by atoms with Crippen molar-refractivity contribution in [2.75, 3.05) is 18.4 Å². The highest BCUT2D eigenvalue weighted by Gasteiger charge is 2.19. The van der Waals surface area contributed by atoms with Crippen LogP contribution in [0.15, 0.2) is 28.8 Å². The van der Waals surface area contributed by atoms with Crippen LogP contribution < -0.4 is 5.32 Å². The zero-order chi connectivity index (χ0) is 16.1. The Hall–Kier alpha value is -2.37. The lowest BCUT2D eigenvalue weighted by Crippen LogP contribution is -2.27. The molecule has 0 atom stereocenters. The maximum Gasteiger partial charge on any atom is 0.253 e. The Balaban J connectivity index is 1.61. The number of anilines is 1. The maximum absolute atomic E-state index is 12.4. The van der Waals surface area contributed by atoms with Gasteiger partial charge in [0, 0.05) is 30.8 Å². The molecule has 1 fully saturated rings.